The lowest BCUT2D eigenvalue weighted by Gasteiger charge is -2.14. The largest absolute Gasteiger partial charge is 0.497 e. The molecule has 0 aliphatic heterocycles. The minimum Gasteiger partial charge on any atom is -0.497 e. The van der Waals surface area contributed by atoms with Crippen molar-refractivity contribution in [3.63, 3.8) is 0 Å². The molecule has 6 nitrogen and oxygen atoms in total. The first-order valence-corrected chi connectivity index (χ1v) is 8.01. The Morgan fingerprint density at radius 3 is 2.40 bits per heavy atom. The van der Waals surface area contributed by atoms with Crippen molar-refractivity contribution in [2.24, 2.45) is 5.73 Å². The fourth-order valence-electron chi connectivity index (χ4n) is 2.28. The lowest BCUT2D eigenvalue weighted by atomic mass is 10.1. The monoisotopic (exact) mass is 341 g/mol. The van der Waals surface area contributed by atoms with Crippen LogP contribution in [0.25, 0.3) is 0 Å². The van der Waals surface area contributed by atoms with Gasteiger partial charge in [0.25, 0.3) is 5.91 Å². The highest BCUT2D eigenvalue weighted by Gasteiger charge is 2.13. The van der Waals surface area contributed by atoms with Gasteiger partial charge in [-0.1, -0.05) is 6.07 Å². The summed E-state index contributed by atoms with van der Waals surface area (Å²) in [6.45, 7) is 4.20. The van der Waals surface area contributed by atoms with Gasteiger partial charge in [-0.05, 0) is 49.2 Å². The molecule has 0 saturated carbocycles. The molecule has 132 valence electrons. The van der Waals surface area contributed by atoms with E-state index in [1.807, 2.05) is 26.0 Å². The molecule has 2 aromatic carbocycles. The van der Waals surface area contributed by atoms with Crippen LogP contribution in [-0.2, 0) is 4.79 Å². The third-order valence-corrected chi connectivity index (χ3v) is 3.89. The minimum absolute atomic E-state index is 0.196. The van der Waals surface area contributed by atoms with E-state index >= 15 is 0 Å². The van der Waals surface area contributed by atoms with E-state index in [1.165, 1.54) is 7.11 Å². The zero-order valence-corrected chi connectivity index (χ0v) is 14.7. The minimum atomic E-state index is -0.248. The van der Waals surface area contributed by atoms with Crippen LogP contribution in [0, 0.1) is 13.8 Å². The lowest BCUT2D eigenvalue weighted by molar-refractivity contribution is -0.116. The summed E-state index contributed by atoms with van der Waals surface area (Å²) in [5, 5.41) is 5.58. The molecule has 0 saturated heterocycles. The summed E-state index contributed by atoms with van der Waals surface area (Å²) in [6, 6.07) is 10.6. The van der Waals surface area contributed by atoms with E-state index in [0.717, 1.165) is 11.1 Å². The Morgan fingerprint density at radius 1 is 1.00 bits per heavy atom. The first-order valence-electron chi connectivity index (χ1n) is 8.01. The number of anilines is 2. The number of hydrogen-bond acceptors (Lipinski definition) is 4. The summed E-state index contributed by atoms with van der Waals surface area (Å²) in [7, 11) is 1.54. The molecule has 0 fully saturated rings. The Balaban J connectivity index is 2.26. The summed E-state index contributed by atoms with van der Waals surface area (Å²) in [5.74, 6) is 0.104. The van der Waals surface area contributed by atoms with Gasteiger partial charge in [0, 0.05) is 24.6 Å². The van der Waals surface area contributed by atoms with E-state index in [2.05, 4.69) is 10.6 Å². The Labute approximate surface area is 147 Å². The van der Waals surface area contributed by atoms with E-state index in [0.29, 0.717) is 22.7 Å². The van der Waals surface area contributed by atoms with Crippen molar-refractivity contribution in [1.82, 2.24) is 0 Å². The molecule has 0 atom stereocenters. The van der Waals surface area contributed by atoms with Gasteiger partial charge in [0.05, 0.1) is 18.5 Å². The van der Waals surface area contributed by atoms with Crippen LogP contribution in [0.2, 0.25) is 0 Å². The van der Waals surface area contributed by atoms with E-state index in [1.54, 1.807) is 24.3 Å². The number of benzene rings is 2. The predicted molar refractivity (Wildman–Crippen MR) is 99.2 cm³/mol. The van der Waals surface area contributed by atoms with Crippen molar-refractivity contribution in [1.29, 1.82) is 0 Å². The fraction of sp³-hybridized carbons (Fsp3) is 0.263. The number of methoxy groups -OCH3 is 1. The molecule has 0 heterocycles. The van der Waals surface area contributed by atoms with Gasteiger partial charge >= 0.3 is 0 Å². The highest BCUT2D eigenvalue weighted by atomic mass is 16.5. The summed E-state index contributed by atoms with van der Waals surface area (Å²) in [4.78, 5) is 24.4. The zero-order chi connectivity index (χ0) is 18.4. The average molecular weight is 341 g/mol. The fourth-order valence-corrected chi connectivity index (χ4v) is 2.28. The molecule has 0 aliphatic rings. The van der Waals surface area contributed by atoms with E-state index in [-0.39, 0.29) is 24.8 Å². The second kappa shape index (κ2) is 8.30. The number of nitrogens with two attached hydrogens (primary N) is 1. The first-order chi connectivity index (χ1) is 11.9. The zero-order valence-electron chi connectivity index (χ0n) is 14.7. The number of carbonyl (C=O) groups is 2. The molecular weight excluding hydrogens is 318 g/mol. The van der Waals surface area contributed by atoms with Gasteiger partial charge in [0.1, 0.15) is 5.75 Å². The Kier molecular flexibility index (Phi) is 6.14. The molecule has 2 aromatic rings. The Morgan fingerprint density at radius 2 is 1.76 bits per heavy atom. The second-order valence-corrected chi connectivity index (χ2v) is 5.75. The molecule has 2 amide bonds. The maximum Gasteiger partial charge on any atom is 0.255 e. The third kappa shape index (κ3) is 4.81. The van der Waals surface area contributed by atoms with Crippen molar-refractivity contribution < 1.29 is 14.3 Å². The van der Waals surface area contributed by atoms with E-state index in [9.17, 15) is 9.59 Å². The SMILES string of the molecule is COc1ccc(NC(=O)c2ccc(C)c(C)c2)c(NC(=O)CCN)c1. The quantitative estimate of drug-likeness (QED) is 0.753. The maximum atomic E-state index is 12.5. The number of carbonyl (C=O) groups excluding carboxylic acids is 2. The van der Waals surface area contributed by atoms with Crippen LogP contribution >= 0.6 is 0 Å². The van der Waals surface area contributed by atoms with Gasteiger partial charge in [-0.2, -0.15) is 0 Å². The van der Waals surface area contributed by atoms with Crippen molar-refractivity contribution >= 4 is 23.2 Å². The molecular formula is C19H23N3O3. The average Bonchev–Trinajstić information content (AvgIpc) is 2.59. The normalized spacial score (nSPS) is 10.2. The van der Waals surface area contributed by atoms with Gasteiger partial charge in [0.15, 0.2) is 0 Å². The van der Waals surface area contributed by atoms with E-state index in [4.69, 9.17) is 10.5 Å². The molecule has 0 unspecified atom stereocenters. The highest BCUT2D eigenvalue weighted by molar-refractivity contribution is 6.07. The van der Waals surface area contributed by atoms with Crippen LogP contribution in [0.15, 0.2) is 36.4 Å². The first kappa shape index (κ1) is 18.5. The Hall–Kier alpha value is -2.86. The Bertz CT molecular complexity index is 787. The summed E-state index contributed by atoms with van der Waals surface area (Å²) in [6.07, 6.45) is 0.196. The van der Waals surface area contributed by atoms with Crippen molar-refractivity contribution in [2.75, 3.05) is 24.3 Å². The van der Waals surface area contributed by atoms with Crippen LogP contribution in [0.3, 0.4) is 0 Å². The topological polar surface area (TPSA) is 93.5 Å². The van der Waals surface area contributed by atoms with Crippen LogP contribution in [-0.4, -0.2) is 25.5 Å². The number of amides is 2. The molecule has 4 N–H and O–H groups in total. The van der Waals surface area contributed by atoms with E-state index < -0.39 is 0 Å². The highest BCUT2D eigenvalue weighted by Crippen LogP contribution is 2.28. The molecule has 0 bridgehead atoms. The van der Waals surface area contributed by atoms with Crippen LogP contribution in [0.1, 0.15) is 27.9 Å². The number of hydrogen-bond donors (Lipinski definition) is 3. The maximum absolute atomic E-state index is 12.5. The van der Waals surface area contributed by atoms with Crippen molar-refractivity contribution in [3.8, 4) is 5.75 Å². The second-order valence-electron chi connectivity index (χ2n) is 5.75. The summed E-state index contributed by atoms with van der Waals surface area (Å²) in [5.41, 5.74) is 9.08. The van der Waals surface area contributed by atoms with Gasteiger partial charge < -0.3 is 21.1 Å². The molecule has 2 rings (SSSR count). The van der Waals surface area contributed by atoms with Crippen LogP contribution < -0.4 is 21.1 Å². The van der Waals surface area contributed by atoms with Crippen molar-refractivity contribution in [2.45, 2.75) is 20.3 Å². The van der Waals surface area contributed by atoms with Gasteiger partial charge in [0.2, 0.25) is 5.91 Å². The molecule has 25 heavy (non-hydrogen) atoms. The third-order valence-electron chi connectivity index (χ3n) is 3.89. The molecule has 0 spiro atoms. The number of ether oxygens (including phenoxy) is 1. The number of nitrogens with one attached hydrogen (secondary N) is 2. The summed E-state index contributed by atoms with van der Waals surface area (Å²) < 4.78 is 5.18. The molecule has 0 aliphatic carbocycles. The van der Waals surface area contributed by atoms with Crippen molar-refractivity contribution in [3.05, 3.63) is 53.1 Å². The van der Waals surface area contributed by atoms with Gasteiger partial charge in [-0.3, -0.25) is 9.59 Å². The van der Waals surface area contributed by atoms with Gasteiger partial charge in [-0.25, -0.2) is 0 Å². The standard InChI is InChI=1S/C19H23N3O3/c1-12-4-5-14(10-13(12)2)19(24)22-16-7-6-15(25-3)11-17(16)21-18(23)8-9-20/h4-7,10-11H,8-9,20H2,1-3H3,(H,21,23)(H,22,24). The smallest absolute Gasteiger partial charge is 0.255 e. The summed E-state index contributed by atoms with van der Waals surface area (Å²) >= 11 is 0. The van der Waals surface area contributed by atoms with Crippen LogP contribution in [0.5, 0.6) is 5.75 Å². The molecule has 0 aromatic heterocycles. The lowest BCUT2D eigenvalue weighted by Crippen LogP contribution is -2.19. The molecule has 6 heteroatoms. The number of rotatable bonds is 6. The number of aryl methyl sites for hydroxylation is 2. The van der Waals surface area contributed by atoms with Crippen LogP contribution in [0.4, 0.5) is 11.4 Å². The predicted octanol–water partition coefficient (Wildman–Crippen LogP) is 2.85. The van der Waals surface area contributed by atoms with Gasteiger partial charge in [-0.15, -0.1) is 0 Å². The molecule has 0 radical (unpaired) electrons.